The van der Waals surface area contributed by atoms with Crippen LogP contribution < -0.4 is 10.6 Å². The molecule has 0 saturated heterocycles. The predicted octanol–water partition coefficient (Wildman–Crippen LogP) is 3.79. The molecule has 2 amide bonds. The predicted molar refractivity (Wildman–Crippen MR) is 129 cm³/mol. The Kier molecular flexibility index (Phi) is 5.59. The van der Waals surface area contributed by atoms with E-state index in [1.807, 2.05) is 0 Å². The molecule has 2 saturated carbocycles. The van der Waals surface area contributed by atoms with Crippen LogP contribution in [0.25, 0.3) is 0 Å². The molecule has 0 radical (unpaired) electrons. The van der Waals surface area contributed by atoms with E-state index < -0.39 is 47.7 Å². The topological polar surface area (TPSA) is 121 Å². The van der Waals surface area contributed by atoms with E-state index in [0.29, 0.717) is 28.9 Å². The zero-order valence-corrected chi connectivity index (χ0v) is 20.7. The summed E-state index contributed by atoms with van der Waals surface area (Å²) >= 11 is 0. The summed E-state index contributed by atoms with van der Waals surface area (Å²) in [6.07, 6.45) is -0.346. The molecule has 2 fully saturated rings. The molecule has 0 unspecified atom stereocenters. The van der Waals surface area contributed by atoms with E-state index >= 15 is 0 Å². The summed E-state index contributed by atoms with van der Waals surface area (Å²) < 4.78 is 29.2. The number of nitrogens with one attached hydrogen (secondary N) is 2. The van der Waals surface area contributed by atoms with E-state index in [1.54, 1.807) is 36.6 Å². The van der Waals surface area contributed by atoms with Crippen molar-refractivity contribution in [3.63, 3.8) is 0 Å². The number of rotatable bonds is 7. The Labute approximate surface area is 212 Å². The number of anilines is 1. The minimum absolute atomic E-state index is 0.0464. The fraction of sp³-hybridized carbons (Fsp3) is 0.444. The molecule has 2 N–H and O–H groups in total. The summed E-state index contributed by atoms with van der Waals surface area (Å²) in [7, 11) is 0. The number of alkyl halides is 2. The maximum atomic E-state index is 13.7. The maximum Gasteiger partial charge on any atom is 0.293 e. The summed E-state index contributed by atoms with van der Waals surface area (Å²) in [5, 5.41) is 14.4. The number of carbonyl (C=O) groups excluding carboxylic acids is 4. The number of nitriles is 1. The molecule has 192 valence electrons. The van der Waals surface area contributed by atoms with Crippen molar-refractivity contribution in [1.82, 2.24) is 9.88 Å². The number of amides is 2. The van der Waals surface area contributed by atoms with Crippen LogP contribution in [-0.2, 0) is 16.0 Å². The Hall–Kier alpha value is -3.87. The average molecular weight is 509 g/mol. The van der Waals surface area contributed by atoms with Crippen LogP contribution in [-0.4, -0.2) is 39.4 Å². The smallest absolute Gasteiger partial charge is 0.293 e. The normalized spacial score (nSPS) is 21.6. The zero-order chi connectivity index (χ0) is 26.9. The Morgan fingerprint density at radius 3 is 2.51 bits per heavy atom. The van der Waals surface area contributed by atoms with E-state index in [-0.39, 0.29) is 29.6 Å². The van der Waals surface area contributed by atoms with Crippen LogP contribution in [0, 0.1) is 31.1 Å². The molecular weight excluding hydrogens is 482 g/mol. The van der Waals surface area contributed by atoms with E-state index in [4.69, 9.17) is 0 Å². The summed E-state index contributed by atoms with van der Waals surface area (Å²) in [6, 6.07) is 7.08. The van der Waals surface area contributed by atoms with Crippen molar-refractivity contribution in [3.8, 4) is 6.07 Å². The van der Waals surface area contributed by atoms with Gasteiger partial charge in [-0.3, -0.25) is 19.2 Å². The van der Waals surface area contributed by atoms with Gasteiger partial charge in [0.15, 0.2) is 5.78 Å². The lowest BCUT2D eigenvalue weighted by Gasteiger charge is -2.46. The number of fused-ring (bicyclic) bond motifs is 3. The minimum Gasteiger partial charge on any atom is -0.336 e. The highest BCUT2D eigenvalue weighted by molar-refractivity contribution is 6.44. The van der Waals surface area contributed by atoms with Gasteiger partial charge in [0.25, 0.3) is 23.5 Å². The number of hydrogen-bond donors (Lipinski definition) is 2. The second-order valence-corrected chi connectivity index (χ2v) is 10.4. The van der Waals surface area contributed by atoms with Gasteiger partial charge in [-0.1, -0.05) is 13.0 Å². The van der Waals surface area contributed by atoms with Crippen molar-refractivity contribution in [3.05, 3.63) is 51.8 Å². The average Bonchev–Trinajstić information content (AvgIpc) is 3.41. The highest BCUT2D eigenvalue weighted by Crippen LogP contribution is 2.54. The van der Waals surface area contributed by atoms with Gasteiger partial charge in [0, 0.05) is 36.7 Å². The molecule has 5 rings (SSSR count). The van der Waals surface area contributed by atoms with Gasteiger partial charge in [-0.25, -0.2) is 8.78 Å². The molecule has 8 nitrogen and oxygen atoms in total. The standard InChI is InChI=1S/C27H26F2N4O4/c1-4-20(34)26(11-27(28,29)12-26)32-25(37)23(35)21-14(3)22(33-18-8-15(18)9-19(21)33)24(36)31-17-6-5-13(2)16(7-17)10-30/h5-7,15,18H,4,8-9,11-12H2,1-3H3,(H,31,36)(H,32,37)/t15-,18-/m1/s1. The van der Waals surface area contributed by atoms with Gasteiger partial charge in [-0.05, 0) is 55.9 Å². The Bertz CT molecular complexity index is 1430. The molecule has 2 aromatic rings. The number of benzene rings is 1. The fourth-order valence-electron chi connectivity index (χ4n) is 5.86. The number of aryl methyl sites for hydroxylation is 1. The van der Waals surface area contributed by atoms with Crippen LogP contribution in [0.2, 0.25) is 0 Å². The van der Waals surface area contributed by atoms with Gasteiger partial charge in [0.1, 0.15) is 11.2 Å². The quantitative estimate of drug-likeness (QED) is 0.435. The first-order valence-corrected chi connectivity index (χ1v) is 12.2. The fourth-order valence-corrected chi connectivity index (χ4v) is 5.86. The number of hydrogen-bond acceptors (Lipinski definition) is 5. The van der Waals surface area contributed by atoms with Crippen LogP contribution in [0.4, 0.5) is 14.5 Å². The van der Waals surface area contributed by atoms with Crippen molar-refractivity contribution in [2.45, 2.75) is 70.4 Å². The summed E-state index contributed by atoms with van der Waals surface area (Å²) in [5.74, 6) is -5.91. The van der Waals surface area contributed by atoms with Gasteiger partial charge in [-0.2, -0.15) is 5.26 Å². The summed E-state index contributed by atoms with van der Waals surface area (Å²) in [5.41, 5.74) is 1.08. The molecular formula is C27H26F2N4O4. The first-order valence-electron chi connectivity index (χ1n) is 12.2. The van der Waals surface area contributed by atoms with Gasteiger partial charge in [0.05, 0.1) is 17.2 Å². The first kappa shape index (κ1) is 24.8. The van der Waals surface area contributed by atoms with Crippen LogP contribution >= 0.6 is 0 Å². The van der Waals surface area contributed by atoms with Crippen LogP contribution in [0.3, 0.4) is 0 Å². The maximum absolute atomic E-state index is 13.7. The third-order valence-corrected chi connectivity index (χ3v) is 7.82. The number of aromatic nitrogens is 1. The lowest BCUT2D eigenvalue weighted by molar-refractivity contribution is -0.163. The number of nitrogens with zero attached hydrogens (tertiary/aromatic N) is 2. The number of ketones is 2. The summed E-state index contributed by atoms with van der Waals surface area (Å²) in [4.78, 5) is 52.1. The molecule has 3 aliphatic rings. The van der Waals surface area contributed by atoms with E-state index in [2.05, 4.69) is 16.7 Å². The monoisotopic (exact) mass is 508 g/mol. The van der Waals surface area contributed by atoms with E-state index in [9.17, 15) is 33.2 Å². The van der Waals surface area contributed by atoms with Gasteiger partial charge in [0.2, 0.25) is 0 Å². The van der Waals surface area contributed by atoms with Gasteiger partial charge < -0.3 is 15.2 Å². The highest BCUT2D eigenvalue weighted by atomic mass is 19.3. The molecule has 0 bridgehead atoms. The second kappa shape index (κ2) is 8.33. The Morgan fingerprint density at radius 1 is 1.19 bits per heavy atom. The Morgan fingerprint density at radius 2 is 1.89 bits per heavy atom. The third-order valence-electron chi connectivity index (χ3n) is 7.82. The number of halogens is 2. The van der Waals surface area contributed by atoms with Crippen LogP contribution in [0.5, 0.6) is 0 Å². The zero-order valence-electron chi connectivity index (χ0n) is 20.7. The molecule has 0 spiro atoms. The van der Waals surface area contributed by atoms with Crippen molar-refractivity contribution in [2.75, 3.05) is 5.32 Å². The lowest BCUT2D eigenvalue weighted by atomic mass is 9.69. The van der Waals surface area contributed by atoms with Gasteiger partial charge >= 0.3 is 0 Å². The molecule has 2 atom stereocenters. The van der Waals surface area contributed by atoms with Crippen LogP contribution in [0.1, 0.15) is 81.9 Å². The molecule has 1 aromatic carbocycles. The summed E-state index contributed by atoms with van der Waals surface area (Å²) in [6.45, 7) is 4.88. The highest BCUT2D eigenvalue weighted by Gasteiger charge is 2.61. The molecule has 1 aliphatic heterocycles. The van der Waals surface area contributed by atoms with Crippen molar-refractivity contribution >= 4 is 29.1 Å². The second-order valence-electron chi connectivity index (χ2n) is 10.4. The molecule has 2 heterocycles. The molecule has 37 heavy (non-hydrogen) atoms. The minimum atomic E-state index is -3.08. The van der Waals surface area contributed by atoms with E-state index in [1.165, 1.54) is 6.92 Å². The SMILES string of the molecule is CCC(=O)C1(NC(=O)C(=O)c2c(C)c(C(=O)Nc3ccc(C)c(C#N)c3)n3c2C[C@H]2C[C@H]23)CC(F)(F)C1. The third kappa shape index (κ3) is 3.93. The molecule has 2 aliphatic carbocycles. The first-order chi connectivity index (χ1) is 17.4. The van der Waals surface area contributed by atoms with Crippen molar-refractivity contribution < 1.29 is 28.0 Å². The lowest BCUT2D eigenvalue weighted by Crippen LogP contribution is -2.67. The van der Waals surface area contributed by atoms with Gasteiger partial charge in [-0.15, -0.1) is 0 Å². The molecule has 1 aromatic heterocycles. The van der Waals surface area contributed by atoms with Crippen molar-refractivity contribution in [1.29, 1.82) is 5.26 Å². The van der Waals surface area contributed by atoms with Crippen LogP contribution in [0.15, 0.2) is 18.2 Å². The Balaban J connectivity index is 1.45. The largest absolute Gasteiger partial charge is 0.336 e. The van der Waals surface area contributed by atoms with E-state index in [0.717, 1.165) is 12.0 Å². The number of carbonyl (C=O) groups is 4. The van der Waals surface area contributed by atoms with Crippen molar-refractivity contribution in [2.24, 2.45) is 5.92 Å². The number of Topliss-reactive ketones (excluding diaryl/α,β-unsaturated/α-hetero) is 2. The molecule has 10 heteroatoms.